The second kappa shape index (κ2) is 3.90. The molecule has 70 valence electrons. The molecule has 0 bridgehead atoms. The summed E-state index contributed by atoms with van der Waals surface area (Å²) in [5.74, 6) is 1.14. The lowest BCUT2D eigenvalue weighted by Gasteiger charge is -2.11. The lowest BCUT2D eigenvalue weighted by molar-refractivity contribution is -0.142. The third kappa shape index (κ3) is 1.97. The predicted octanol–water partition coefficient (Wildman–Crippen LogP) is 0.793. The van der Waals surface area contributed by atoms with Gasteiger partial charge in [0, 0.05) is 0 Å². The summed E-state index contributed by atoms with van der Waals surface area (Å²) < 4.78 is 4.66. The third-order valence-corrected chi connectivity index (χ3v) is 2.59. The number of esters is 1. The Kier molecular flexibility index (Phi) is 3.09. The van der Waals surface area contributed by atoms with Crippen LogP contribution >= 0.6 is 0 Å². The summed E-state index contributed by atoms with van der Waals surface area (Å²) in [6, 6.07) is -0.0672. The fourth-order valence-electron chi connectivity index (χ4n) is 1.59. The Balaban J connectivity index is 2.40. The molecule has 3 heteroatoms. The van der Waals surface area contributed by atoms with Crippen LogP contribution in [0.3, 0.4) is 0 Å². The van der Waals surface area contributed by atoms with E-state index in [1.807, 2.05) is 0 Å². The molecule has 1 rings (SSSR count). The van der Waals surface area contributed by atoms with Gasteiger partial charge < -0.3 is 10.1 Å². The van der Waals surface area contributed by atoms with Gasteiger partial charge in [-0.25, -0.2) is 0 Å². The van der Waals surface area contributed by atoms with Crippen molar-refractivity contribution in [2.24, 2.45) is 11.8 Å². The zero-order valence-electron chi connectivity index (χ0n) is 7.96. The van der Waals surface area contributed by atoms with Gasteiger partial charge in [-0.05, 0) is 24.8 Å². The minimum Gasteiger partial charge on any atom is -0.468 e. The highest BCUT2D eigenvalue weighted by molar-refractivity contribution is 5.76. The van der Waals surface area contributed by atoms with E-state index >= 15 is 0 Å². The summed E-state index contributed by atoms with van der Waals surface area (Å²) in [6.07, 6.45) is 0.921. The third-order valence-electron chi connectivity index (χ3n) is 2.59. The Morgan fingerprint density at radius 3 is 2.67 bits per heavy atom. The first-order chi connectivity index (χ1) is 5.65. The van der Waals surface area contributed by atoms with Crippen LogP contribution in [0.2, 0.25) is 0 Å². The number of hydrogen-bond donors (Lipinski definition) is 1. The molecule has 0 spiro atoms. The van der Waals surface area contributed by atoms with Gasteiger partial charge in [0.25, 0.3) is 0 Å². The van der Waals surface area contributed by atoms with Gasteiger partial charge in [0.2, 0.25) is 0 Å². The van der Waals surface area contributed by atoms with Crippen molar-refractivity contribution in [1.29, 1.82) is 0 Å². The first kappa shape index (κ1) is 9.52. The summed E-state index contributed by atoms with van der Waals surface area (Å²) in [4.78, 5) is 11.1. The van der Waals surface area contributed by atoms with Crippen LogP contribution in [0.25, 0.3) is 0 Å². The van der Waals surface area contributed by atoms with Crippen LogP contribution < -0.4 is 5.32 Å². The van der Waals surface area contributed by atoms with Gasteiger partial charge >= 0.3 is 5.97 Å². The van der Waals surface area contributed by atoms with Gasteiger partial charge in [-0.1, -0.05) is 13.8 Å². The Hall–Kier alpha value is -0.570. The van der Waals surface area contributed by atoms with Crippen molar-refractivity contribution in [1.82, 2.24) is 5.32 Å². The molecule has 1 N–H and O–H groups in total. The minimum atomic E-state index is -0.127. The van der Waals surface area contributed by atoms with E-state index in [4.69, 9.17) is 0 Å². The summed E-state index contributed by atoms with van der Waals surface area (Å²) in [6.45, 7) is 5.31. The lowest BCUT2D eigenvalue weighted by Crippen LogP contribution is -2.31. The van der Waals surface area contributed by atoms with Crippen LogP contribution in [-0.2, 0) is 9.53 Å². The second-order valence-electron chi connectivity index (χ2n) is 3.72. The number of carbonyl (C=O) groups is 1. The van der Waals surface area contributed by atoms with Crippen LogP contribution in [0.5, 0.6) is 0 Å². The number of rotatable bonds is 2. The molecule has 1 aliphatic rings. The number of nitrogens with one attached hydrogen (secondary N) is 1. The average molecular weight is 171 g/mol. The van der Waals surface area contributed by atoms with Crippen LogP contribution in [0.1, 0.15) is 20.3 Å². The fourth-order valence-corrected chi connectivity index (χ4v) is 1.59. The molecule has 3 nitrogen and oxygen atoms in total. The molecule has 1 saturated heterocycles. The molecule has 0 aromatic heterocycles. The monoisotopic (exact) mass is 171 g/mol. The molecule has 0 aromatic rings. The molecule has 12 heavy (non-hydrogen) atoms. The number of hydrogen-bond acceptors (Lipinski definition) is 3. The zero-order valence-corrected chi connectivity index (χ0v) is 7.96. The Bertz CT molecular complexity index is 168. The minimum absolute atomic E-state index is 0.0672. The van der Waals surface area contributed by atoms with Crippen molar-refractivity contribution in [3.05, 3.63) is 0 Å². The number of ether oxygens (including phenoxy) is 1. The molecule has 0 saturated carbocycles. The molecule has 0 amide bonds. The highest BCUT2D eigenvalue weighted by atomic mass is 16.5. The lowest BCUT2D eigenvalue weighted by atomic mass is 9.93. The molecule has 0 aromatic carbocycles. The maximum atomic E-state index is 11.1. The molecule has 1 fully saturated rings. The van der Waals surface area contributed by atoms with Crippen LogP contribution in [0, 0.1) is 11.8 Å². The summed E-state index contributed by atoms with van der Waals surface area (Å²) >= 11 is 0. The highest BCUT2D eigenvalue weighted by Gasteiger charge is 2.31. The quantitative estimate of drug-likeness (QED) is 0.624. The fraction of sp³-hybridized carbons (Fsp3) is 0.889. The van der Waals surface area contributed by atoms with E-state index in [0.29, 0.717) is 11.8 Å². The SMILES string of the molecule is COC(=O)[C@@H]1C[C@@H](C(C)C)CN1. The van der Waals surface area contributed by atoms with Gasteiger partial charge in [-0.3, -0.25) is 4.79 Å². The maximum absolute atomic E-state index is 11.1. The van der Waals surface area contributed by atoms with Gasteiger partial charge in [0.05, 0.1) is 7.11 Å². The van der Waals surface area contributed by atoms with Gasteiger partial charge in [-0.15, -0.1) is 0 Å². The van der Waals surface area contributed by atoms with Gasteiger partial charge in [-0.2, -0.15) is 0 Å². The molecule has 0 aliphatic carbocycles. The van der Waals surface area contributed by atoms with Crippen molar-refractivity contribution in [2.45, 2.75) is 26.3 Å². The number of methoxy groups -OCH3 is 1. The van der Waals surface area contributed by atoms with Crippen molar-refractivity contribution in [3.8, 4) is 0 Å². The predicted molar refractivity (Wildman–Crippen MR) is 46.8 cm³/mol. The van der Waals surface area contributed by atoms with Gasteiger partial charge in [0.15, 0.2) is 0 Å². The first-order valence-corrected chi connectivity index (χ1v) is 4.46. The Morgan fingerprint density at radius 2 is 2.25 bits per heavy atom. The molecule has 1 aliphatic heterocycles. The molecule has 0 radical (unpaired) electrons. The largest absolute Gasteiger partial charge is 0.468 e. The second-order valence-corrected chi connectivity index (χ2v) is 3.72. The first-order valence-electron chi connectivity index (χ1n) is 4.46. The molecular formula is C9H17NO2. The summed E-state index contributed by atoms with van der Waals surface area (Å²) in [7, 11) is 1.44. The molecule has 1 heterocycles. The van der Waals surface area contributed by atoms with Gasteiger partial charge in [0.1, 0.15) is 6.04 Å². The maximum Gasteiger partial charge on any atom is 0.322 e. The smallest absolute Gasteiger partial charge is 0.322 e. The van der Waals surface area contributed by atoms with E-state index in [2.05, 4.69) is 23.9 Å². The van der Waals surface area contributed by atoms with Crippen molar-refractivity contribution < 1.29 is 9.53 Å². The Morgan fingerprint density at radius 1 is 1.58 bits per heavy atom. The standard InChI is InChI=1S/C9H17NO2/c1-6(2)7-4-8(10-5-7)9(11)12-3/h6-8,10H,4-5H2,1-3H3/t7-,8+/m1/s1. The van der Waals surface area contributed by atoms with E-state index in [1.165, 1.54) is 7.11 Å². The van der Waals surface area contributed by atoms with Crippen molar-refractivity contribution in [3.63, 3.8) is 0 Å². The molecule has 0 unspecified atom stereocenters. The summed E-state index contributed by atoms with van der Waals surface area (Å²) in [5, 5.41) is 3.16. The van der Waals surface area contributed by atoms with Crippen LogP contribution in [-0.4, -0.2) is 25.7 Å². The van der Waals surface area contributed by atoms with E-state index in [0.717, 1.165) is 13.0 Å². The van der Waals surface area contributed by atoms with E-state index in [1.54, 1.807) is 0 Å². The van der Waals surface area contributed by atoms with Crippen molar-refractivity contribution >= 4 is 5.97 Å². The van der Waals surface area contributed by atoms with E-state index < -0.39 is 0 Å². The Labute approximate surface area is 73.5 Å². The van der Waals surface area contributed by atoms with Crippen LogP contribution in [0.15, 0.2) is 0 Å². The average Bonchev–Trinajstić information content (AvgIpc) is 2.51. The zero-order chi connectivity index (χ0) is 9.14. The van der Waals surface area contributed by atoms with E-state index in [-0.39, 0.29) is 12.0 Å². The topological polar surface area (TPSA) is 38.3 Å². The van der Waals surface area contributed by atoms with Crippen molar-refractivity contribution in [2.75, 3.05) is 13.7 Å². The molecule has 2 atom stereocenters. The highest BCUT2D eigenvalue weighted by Crippen LogP contribution is 2.22. The normalized spacial score (nSPS) is 29.3. The summed E-state index contributed by atoms with van der Waals surface area (Å²) in [5.41, 5.74) is 0. The molecular weight excluding hydrogens is 154 g/mol. The van der Waals surface area contributed by atoms with Crippen LogP contribution in [0.4, 0.5) is 0 Å². The number of carbonyl (C=O) groups excluding carboxylic acids is 1. The van der Waals surface area contributed by atoms with E-state index in [9.17, 15) is 4.79 Å².